The maximum atomic E-state index is 12.5. The Bertz CT molecular complexity index is 1670. The van der Waals surface area contributed by atoms with Gasteiger partial charge in [-0.3, -0.25) is 9.52 Å². The van der Waals surface area contributed by atoms with Gasteiger partial charge in [-0.25, -0.2) is 18.6 Å². The summed E-state index contributed by atoms with van der Waals surface area (Å²) < 4.78 is 43.2. The number of anilines is 1. The number of halogens is 1. The highest BCUT2D eigenvalue weighted by molar-refractivity contribution is 7.92. The summed E-state index contributed by atoms with van der Waals surface area (Å²) >= 11 is 5.81. The summed E-state index contributed by atoms with van der Waals surface area (Å²) in [6.07, 6.45) is 1.42. The number of ether oxygens (including phenoxy) is 3. The van der Waals surface area contributed by atoms with Gasteiger partial charge in [0, 0.05) is 16.3 Å². The third kappa shape index (κ3) is 7.62. The molecule has 0 saturated heterocycles. The molecule has 4 aromatic carbocycles. The van der Waals surface area contributed by atoms with Gasteiger partial charge in [0.05, 0.1) is 30.9 Å². The van der Waals surface area contributed by atoms with Crippen molar-refractivity contribution in [1.29, 1.82) is 0 Å². The van der Waals surface area contributed by atoms with Crippen LogP contribution in [0.2, 0.25) is 5.02 Å². The first-order valence-electron chi connectivity index (χ1n) is 11.9. The number of methoxy groups -OCH3 is 2. The van der Waals surface area contributed by atoms with Crippen LogP contribution < -0.4 is 24.4 Å². The summed E-state index contributed by atoms with van der Waals surface area (Å²) in [5.41, 5.74) is 3.90. The molecule has 12 heteroatoms. The first-order valence-corrected chi connectivity index (χ1v) is 13.8. The van der Waals surface area contributed by atoms with Gasteiger partial charge in [0.2, 0.25) is 0 Å². The van der Waals surface area contributed by atoms with Crippen LogP contribution in [0, 0.1) is 0 Å². The summed E-state index contributed by atoms with van der Waals surface area (Å²) in [5, 5.41) is 4.36. The number of amides is 1. The minimum absolute atomic E-state index is 0.0576. The Morgan fingerprint density at radius 1 is 0.805 bits per heavy atom. The minimum Gasteiger partial charge on any atom is -0.493 e. The third-order valence-electron chi connectivity index (χ3n) is 5.61. The number of rotatable bonds is 10. The van der Waals surface area contributed by atoms with E-state index in [1.807, 2.05) is 0 Å². The molecule has 0 bridgehead atoms. The Hall–Kier alpha value is -4.87. The molecule has 0 fully saturated rings. The van der Waals surface area contributed by atoms with Gasteiger partial charge in [-0.1, -0.05) is 11.6 Å². The van der Waals surface area contributed by atoms with Gasteiger partial charge >= 0.3 is 5.97 Å². The van der Waals surface area contributed by atoms with Crippen LogP contribution in [-0.4, -0.2) is 40.7 Å². The highest BCUT2D eigenvalue weighted by atomic mass is 35.5. The van der Waals surface area contributed by atoms with E-state index in [0.29, 0.717) is 33.4 Å². The number of sulfonamides is 1. The number of carbonyl (C=O) groups excluding carboxylic acids is 2. The standard InChI is InChI=1S/C29H24ClN3O7S/c1-38-26-16-7-21(17-27(26)39-2)29(35)40-24-12-3-19(4-13-24)18-31-32-28(34)20-5-10-23(11-6-20)33-41(36,37)25-14-8-22(30)9-15-25/h3-18,33H,1-2H3,(H,32,34)/b31-18-. The van der Waals surface area contributed by atoms with Gasteiger partial charge in [0.25, 0.3) is 15.9 Å². The summed E-state index contributed by atoms with van der Waals surface area (Å²) in [4.78, 5) is 25.0. The smallest absolute Gasteiger partial charge is 0.343 e. The quantitative estimate of drug-likeness (QED) is 0.113. The Balaban J connectivity index is 1.30. The highest BCUT2D eigenvalue weighted by Gasteiger charge is 2.15. The molecule has 0 aliphatic heterocycles. The van der Waals surface area contributed by atoms with Crippen LogP contribution in [0.5, 0.6) is 17.2 Å². The molecule has 1 amide bonds. The number of hydrazone groups is 1. The van der Waals surface area contributed by atoms with Crippen LogP contribution in [0.1, 0.15) is 26.3 Å². The van der Waals surface area contributed by atoms with Crippen molar-refractivity contribution in [2.75, 3.05) is 18.9 Å². The highest BCUT2D eigenvalue weighted by Crippen LogP contribution is 2.28. The van der Waals surface area contributed by atoms with E-state index in [0.717, 1.165) is 0 Å². The van der Waals surface area contributed by atoms with Crippen molar-refractivity contribution in [1.82, 2.24) is 5.43 Å². The first kappa shape index (κ1) is 29.1. The summed E-state index contributed by atoms with van der Waals surface area (Å²) in [6.45, 7) is 0. The zero-order chi connectivity index (χ0) is 29.4. The summed E-state index contributed by atoms with van der Waals surface area (Å²) in [5.74, 6) is 0.162. The van der Waals surface area contributed by atoms with Gasteiger partial charge < -0.3 is 14.2 Å². The van der Waals surface area contributed by atoms with E-state index in [-0.39, 0.29) is 16.1 Å². The van der Waals surface area contributed by atoms with Crippen LogP contribution in [-0.2, 0) is 10.0 Å². The minimum atomic E-state index is -3.81. The second-order valence-electron chi connectivity index (χ2n) is 8.36. The number of hydrogen-bond donors (Lipinski definition) is 2. The van der Waals surface area contributed by atoms with E-state index in [2.05, 4.69) is 15.2 Å². The molecule has 2 N–H and O–H groups in total. The zero-order valence-corrected chi connectivity index (χ0v) is 23.4. The number of hydrogen-bond acceptors (Lipinski definition) is 8. The molecule has 0 heterocycles. The van der Waals surface area contributed by atoms with Crippen molar-refractivity contribution in [3.05, 3.63) is 113 Å². The maximum Gasteiger partial charge on any atom is 0.343 e. The van der Waals surface area contributed by atoms with Gasteiger partial charge in [0.15, 0.2) is 11.5 Å². The molecule has 210 valence electrons. The average Bonchev–Trinajstić information content (AvgIpc) is 2.98. The first-order chi connectivity index (χ1) is 19.7. The lowest BCUT2D eigenvalue weighted by molar-refractivity contribution is 0.0734. The zero-order valence-electron chi connectivity index (χ0n) is 21.8. The second kappa shape index (κ2) is 13.0. The van der Waals surface area contributed by atoms with E-state index in [1.165, 1.54) is 75.0 Å². The van der Waals surface area contributed by atoms with E-state index < -0.39 is 21.9 Å². The monoisotopic (exact) mass is 593 g/mol. The predicted molar refractivity (Wildman–Crippen MR) is 155 cm³/mol. The Kier molecular flexibility index (Phi) is 9.23. The molecule has 4 aromatic rings. The fraction of sp³-hybridized carbons (Fsp3) is 0.0690. The molecule has 0 aliphatic carbocycles. The van der Waals surface area contributed by atoms with Gasteiger partial charge in [-0.2, -0.15) is 5.10 Å². The van der Waals surface area contributed by atoms with Crippen LogP contribution >= 0.6 is 11.6 Å². The topological polar surface area (TPSA) is 132 Å². The SMILES string of the molecule is COc1ccc(C(=O)Oc2ccc(/C=N\NC(=O)c3ccc(NS(=O)(=O)c4ccc(Cl)cc4)cc3)cc2)cc1OC. The fourth-order valence-electron chi connectivity index (χ4n) is 3.50. The molecule has 0 spiro atoms. The molecule has 0 aliphatic rings. The Morgan fingerprint density at radius 2 is 1.44 bits per heavy atom. The lowest BCUT2D eigenvalue weighted by Gasteiger charge is -2.09. The van der Waals surface area contributed by atoms with Crippen molar-refractivity contribution >= 4 is 45.4 Å². The van der Waals surface area contributed by atoms with Gasteiger partial charge in [-0.05, 0) is 96.6 Å². The molecular formula is C29H24ClN3O7S. The van der Waals surface area contributed by atoms with Gasteiger partial charge in [-0.15, -0.1) is 0 Å². The summed E-state index contributed by atoms with van der Waals surface area (Å²) in [6, 6.07) is 22.8. The number of benzene rings is 4. The van der Waals surface area contributed by atoms with E-state index >= 15 is 0 Å². The molecule has 41 heavy (non-hydrogen) atoms. The van der Waals surface area contributed by atoms with E-state index in [9.17, 15) is 18.0 Å². The van der Waals surface area contributed by atoms with E-state index in [1.54, 1.807) is 36.4 Å². The molecular weight excluding hydrogens is 570 g/mol. The van der Waals surface area contributed by atoms with Gasteiger partial charge in [0.1, 0.15) is 5.75 Å². The Morgan fingerprint density at radius 3 is 2.07 bits per heavy atom. The van der Waals surface area contributed by atoms with Crippen molar-refractivity contribution < 1.29 is 32.2 Å². The van der Waals surface area contributed by atoms with E-state index in [4.69, 9.17) is 25.8 Å². The number of carbonyl (C=O) groups is 2. The number of esters is 1. The van der Waals surface area contributed by atoms with Crippen molar-refractivity contribution in [3.63, 3.8) is 0 Å². The molecule has 0 unspecified atom stereocenters. The van der Waals surface area contributed by atoms with Crippen molar-refractivity contribution in [3.8, 4) is 17.2 Å². The second-order valence-corrected chi connectivity index (χ2v) is 10.5. The number of nitrogens with one attached hydrogen (secondary N) is 2. The Labute approximate surface area is 241 Å². The lowest BCUT2D eigenvalue weighted by Crippen LogP contribution is -2.18. The van der Waals surface area contributed by atoms with Crippen molar-refractivity contribution in [2.45, 2.75) is 4.90 Å². The van der Waals surface area contributed by atoms with Crippen LogP contribution in [0.3, 0.4) is 0 Å². The average molecular weight is 594 g/mol. The molecule has 0 radical (unpaired) electrons. The summed E-state index contributed by atoms with van der Waals surface area (Å²) in [7, 11) is -0.830. The molecule has 10 nitrogen and oxygen atoms in total. The third-order valence-corrected chi connectivity index (χ3v) is 7.26. The molecule has 4 rings (SSSR count). The number of nitrogens with zero attached hydrogens (tertiary/aromatic N) is 1. The molecule has 0 aromatic heterocycles. The van der Waals surface area contributed by atoms with Crippen LogP contribution in [0.25, 0.3) is 0 Å². The normalized spacial score (nSPS) is 11.1. The predicted octanol–water partition coefficient (Wildman–Crippen LogP) is 5.14. The molecule has 0 saturated carbocycles. The molecule has 0 atom stereocenters. The van der Waals surface area contributed by atoms with Crippen LogP contribution in [0.4, 0.5) is 5.69 Å². The van der Waals surface area contributed by atoms with Crippen molar-refractivity contribution in [2.24, 2.45) is 5.10 Å². The fourth-order valence-corrected chi connectivity index (χ4v) is 4.68. The largest absolute Gasteiger partial charge is 0.493 e. The maximum absolute atomic E-state index is 12.5. The van der Waals surface area contributed by atoms with Crippen LogP contribution in [0.15, 0.2) is 101 Å². The lowest BCUT2D eigenvalue weighted by atomic mass is 10.2.